The van der Waals surface area contributed by atoms with E-state index >= 15 is 0 Å². The van der Waals surface area contributed by atoms with Crippen LogP contribution in [-0.4, -0.2) is 22.3 Å². The van der Waals surface area contributed by atoms with E-state index in [0.29, 0.717) is 12.8 Å². The van der Waals surface area contributed by atoms with Crippen molar-refractivity contribution in [2.24, 2.45) is 0 Å². The number of cyclic esters (lactones) is 1. The first kappa shape index (κ1) is 13.0. The molecular weight excluding hydrogens is 244 g/mol. The minimum absolute atomic E-state index is 0.362. The minimum atomic E-state index is -0.880. The summed E-state index contributed by atoms with van der Waals surface area (Å²) in [6, 6.07) is 7.78. The van der Waals surface area contributed by atoms with Crippen LogP contribution in [0.4, 0.5) is 0 Å². The van der Waals surface area contributed by atoms with Crippen LogP contribution in [0.5, 0.6) is 0 Å². The molecule has 4 heteroatoms. The van der Waals surface area contributed by atoms with Gasteiger partial charge in [0.1, 0.15) is 0 Å². The largest absolute Gasteiger partial charge is 0.505 e. The Kier molecular flexibility index (Phi) is 3.76. The molecule has 1 atom stereocenters. The van der Waals surface area contributed by atoms with Crippen LogP contribution in [0.15, 0.2) is 35.8 Å². The highest BCUT2D eigenvalue weighted by Crippen LogP contribution is 2.21. The first-order valence-electron chi connectivity index (χ1n) is 5.97. The topological polar surface area (TPSA) is 66.8 Å². The fourth-order valence-corrected chi connectivity index (χ4v) is 1.77. The fourth-order valence-electron chi connectivity index (χ4n) is 1.77. The molecule has 1 aliphatic rings. The number of carbonyl (C=O) groups is 1. The van der Waals surface area contributed by atoms with E-state index in [-0.39, 0.29) is 0 Å². The van der Waals surface area contributed by atoms with Crippen LogP contribution < -0.4 is 0 Å². The van der Waals surface area contributed by atoms with Crippen LogP contribution in [0, 0.1) is 18.8 Å². The van der Waals surface area contributed by atoms with Crippen molar-refractivity contribution in [2.45, 2.75) is 25.9 Å². The summed E-state index contributed by atoms with van der Waals surface area (Å²) in [5.74, 6) is 4.01. The summed E-state index contributed by atoms with van der Waals surface area (Å²) >= 11 is 0. The van der Waals surface area contributed by atoms with Gasteiger partial charge in [0, 0.05) is 18.4 Å². The molecule has 4 nitrogen and oxygen atoms in total. The van der Waals surface area contributed by atoms with Crippen molar-refractivity contribution in [3.8, 4) is 11.8 Å². The van der Waals surface area contributed by atoms with Crippen molar-refractivity contribution in [1.29, 1.82) is 0 Å². The summed E-state index contributed by atoms with van der Waals surface area (Å²) in [4.78, 5) is 11.0. The van der Waals surface area contributed by atoms with Crippen molar-refractivity contribution in [3.63, 3.8) is 0 Å². The summed E-state index contributed by atoms with van der Waals surface area (Å²) in [5, 5.41) is 18.6. The molecule has 2 N–H and O–H groups in total. The molecule has 1 aromatic rings. The molecule has 98 valence electrons. The fraction of sp³-hybridized carbons (Fsp3) is 0.267. The Hall–Kier alpha value is -2.41. The Morgan fingerprint density at radius 1 is 1.32 bits per heavy atom. The molecular formula is C15H14O4. The van der Waals surface area contributed by atoms with Gasteiger partial charge in [-0.3, -0.25) is 0 Å². The molecule has 1 heterocycles. The van der Waals surface area contributed by atoms with E-state index < -0.39 is 23.6 Å². The smallest absolute Gasteiger partial charge is 0.377 e. The molecule has 2 rings (SSSR count). The normalized spacial score (nSPS) is 17.9. The molecule has 0 fully saturated rings. The van der Waals surface area contributed by atoms with Crippen molar-refractivity contribution in [2.75, 3.05) is 0 Å². The molecule has 19 heavy (non-hydrogen) atoms. The van der Waals surface area contributed by atoms with Crippen molar-refractivity contribution < 1.29 is 19.7 Å². The molecule has 0 aliphatic carbocycles. The number of rotatable bonds is 2. The van der Waals surface area contributed by atoms with Gasteiger partial charge in [0.15, 0.2) is 11.9 Å². The molecule has 0 spiro atoms. The first-order valence-corrected chi connectivity index (χ1v) is 5.97. The lowest BCUT2D eigenvalue weighted by molar-refractivity contribution is -0.142. The van der Waals surface area contributed by atoms with E-state index in [2.05, 4.69) is 11.8 Å². The second-order valence-corrected chi connectivity index (χ2v) is 4.28. The molecule has 0 saturated carbocycles. The van der Waals surface area contributed by atoms with Crippen molar-refractivity contribution >= 4 is 5.97 Å². The molecule has 0 aromatic heterocycles. The quantitative estimate of drug-likeness (QED) is 0.631. The van der Waals surface area contributed by atoms with Crippen LogP contribution in [0.25, 0.3) is 0 Å². The Morgan fingerprint density at radius 3 is 2.68 bits per heavy atom. The maximum Gasteiger partial charge on any atom is 0.377 e. The van der Waals surface area contributed by atoms with E-state index in [0.717, 1.165) is 11.1 Å². The molecule has 0 bridgehead atoms. The number of aryl methyl sites for hydroxylation is 1. The molecule has 1 unspecified atom stereocenters. The number of hydrogen-bond acceptors (Lipinski definition) is 4. The zero-order chi connectivity index (χ0) is 13.8. The average molecular weight is 258 g/mol. The number of benzene rings is 1. The standard InChI is InChI=1S/C15H14O4/c1-10-6-2-3-7-11(10)8-4-5-9-12-13(16)14(17)15(18)19-12/h2-3,6-7,12,16-17H,5,9H2,1H3. The first-order chi connectivity index (χ1) is 9.09. The summed E-state index contributed by atoms with van der Waals surface area (Å²) < 4.78 is 4.78. The lowest BCUT2D eigenvalue weighted by atomic mass is 10.1. The number of hydrogen-bond donors (Lipinski definition) is 2. The van der Waals surface area contributed by atoms with Gasteiger partial charge in [0.25, 0.3) is 0 Å². The van der Waals surface area contributed by atoms with E-state index in [4.69, 9.17) is 9.84 Å². The van der Waals surface area contributed by atoms with E-state index in [1.807, 2.05) is 31.2 Å². The van der Waals surface area contributed by atoms with Crippen molar-refractivity contribution in [3.05, 3.63) is 46.9 Å². The molecule has 0 radical (unpaired) electrons. The van der Waals surface area contributed by atoms with Gasteiger partial charge in [-0.2, -0.15) is 0 Å². The monoisotopic (exact) mass is 258 g/mol. The Balaban J connectivity index is 1.93. The van der Waals surface area contributed by atoms with E-state index in [1.54, 1.807) is 0 Å². The van der Waals surface area contributed by atoms with Gasteiger partial charge < -0.3 is 14.9 Å². The Labute approximate surface area is 111 Å². The second kappa shape index (κ2) is 5.49. The van der Waals surface area contributed by atoms with Crippen LogP contribution in [-0.2, 0) is 9.53 Å². The minimum Gasteiger partial charge on any atom is -0.505 e. The lowest BCUT2D eigenvalue weighted by Crippen LogP contribution is -2.11. The third-order valence-corrected chi connectivity index (χ3v) is 2.89. The second-order valence-electron chi connectivity index (χ2n) is 4.28. The van der Waals surface area contributed by atoms with Crippen molar-refractivity contribution in [1.82, 2.24) is 0 Å². The zero-order valence-electron chi connectivity index (χ0n) is 10.5. The highest BCUT2D eigenvalue weighted by molar-refractivity contribution is 5.88. The van der Waals surface area contributed by atoms with Gasteiger partial charge in [-0.25, -0.2) is 4.79 Å². The maximum atomic E-state index is 11.0. The van der Waals surface area contributed by atoms with Crippen LogP contribution >= 0.6 is 0 Å². The van der Waals surface area contributed by atoms with E-state index in [9.17, 15) is 9.90 Å². The van der Waals surface area contributed by atoms with Gasteiger partial charge in [0.05, 0.1) is 0 Å². The summed E-state index contributed by atoms with van der Waals surface area (Å²) in [5.41, 5.74) is 2.05. The van der Waals surface area contributed by atoms with Gasteiger partial charge in [-0.1, -0.05) is 30.0 Å². The Bertz CT molecular complexity index is 590. The summed E-state index contributed by atoms with van der Waals surface area (Å²) in [6.07, 6.45) is 0.0445. The predicted octanol–water partition coefficient (Wildman–Crippen LogP) is 2.38. The van der Waals surface area contributed by atoms with E-state index in [1.165, 1.54) is 0 Å². The summed E-state index contributed by atoms with van der Waals surface area (Å²) in [7, 11) is 0. The third kappa shape index (κ3) is 2.89. The zero-order valence-corrected chi connectivity index (χ0v) is 10.5. The molecule has 1 aromatic carbocycles. The molecule has 0 amide bonds. The maximum absolute atomic E-state index is 11.0. The van der Waals surface area contributed by atoms with Gasteiger partial charge in [-0.15, -0.1) is 0 Å². The molecule has 0 saturated heterocycles. The Morgan fingerprint density at radius 2 is 2.05 bits per heavy atom. The van der Waals surface area contributed by atoms with Crippen LogP contribution in [0.1, 0.15) is 24.0 Å². The van der Waals surface area contributed by atoms with Crippen LogP contribution in [0.3, 0.4) is 0 Å². The van der Waals surface area contributed by atoms with Gasteiger partial charge in [-0.05, 0) is 18.6 Å². The third-order valence-electron chi connectivity index (χ3n) is 2.89. The average Bonchev–Trinajstić information content (AvgIpc) is 2.64. The number of carbonyl (C=O) groups excluding carboxylic acids is 1. The highest BCUT2D eigenvalue weighted by Gasteiger charge is 2.33. The highest BCUT2D eigenvalue weighted by atomic mass is 16.6. The number of esters is 1. The lowest BCUT2D eigenvalue weighted by Gasteiger charge is -2.06. The predicted molar refractivity (Wildman–Crippen MR) is 69.5 cm³/mol. The number of aliphatic hydroxyl groups is 2. The molecule has 1 aliphatic heterocycles. The van der Waals surface area contributed by atoms with Gasteiger partial charge >= 0.3 is 5.97 Å². The number of aliphatic hydroxyl groups excluding tert-OH is 2. The summed E-state index contributed by atoms with van der Waals surface area (Å²) in [6.45, 7) is 1.98. The van der Waals surface area contributed by atoms with Crippen LogP contribution in [0.2, 0.25) is 0 Å². The number of ether oxygens (including phenoxy) is 1. The van der Waals surface area contributed by atoms with Gasteiger partial charge in [0.2, 0.25) is 5.76 Å². The SMILES string of the molecule is Cc1ccccc1C#CCCC1OC(=O)C(O)=C1O.